The van der Waals surface area contributed by atoms with E-state index in [1.165, 1.54) is 12.1 Å². The molecular formula is C20H22N4O5. The molecule has 0 aromatic heterocycles. The van der Waals surface area contributed by atoms with E-state index >= 15 is 0 Å². The summed E-state index contributed by atoms with van der Waals surface area (Å²) < 4.78 is 5.34. The van der Waals surface area contributed by atoms with Crippen molar-refractivity contribution < 1.29 is 19.2 Å². The number of rotatable bonds is 8. The van der Waals surface area contributed by atoms with Gasteiger partial charge in [-0.25, -0.2) is 5.43 Å². The molecule has 0 atom stereocenters. The lowest BCUT2D eigenvalue weighted by Gasteiger charge is -2.08. The second-order valence-electron chi connectivity index (χ2n) is 6.47. The minimum Gasteiger partial charge on any atom is -0.484 e. The summed E-state index contributed by atoms with van der Waals surface area (Å²) in [5.41, 5.74) is 4.71. The topological polar surface area (TPSA) is 123 Å². The van der Waals surface area contributed by atoms with Crippen LogP contribution in [0.2, 0.25) is 0 Å². The third-order valence-electron chi connectivity index (χ3n) is 3.88. The lowest BCUT2D eigenvalue weighted by molar-refractivity contribution is -0.384. The summed E-state index contributed by atoms with van der Waals surface area (Å²) in [6, 6.07) is 11.5. The minimum absolute atomic E-state index is 0.0821. The van der Waals surface area contributed by atoms with Gasteiger partial charge in [0.25, 0.3) is 11.6 Å². The smallest absolute Gasteiger partial charge is 0.277 e. The van der Waals surface area contributed by atoms with Crippen molar-refractivity contribution in [1.29, 1.82) is 0 Å². The van der Waals surface area contributed by atoms with E-state index in [0.717, 1.165) is 5.56 Å². The van der Waals surface area contributed by atoms with Crippen LogP contribution in [0.25, 0.3) is 0 Å². The summed E-state index contributed by atoms with van der Waals surface area (Å²) in [6.07, 6.45) is -0.0821. The molecule has 2 aromatic carbocycles. The average Bonchev–Trinajstić information content (AvgIpc) is 2.67. The number of non-ortho nitro benzene ring substituents is 1. The highest BCUT2D eigenvalue weighted by atomic mass is 16.6. The first-order valence-electron chi connectivity index (χ1n) is 8.81. The maximum Gasteiger partial charge on any atom is 0.277 e. The number of nitro benzene ring substituents is 1. The molecule has 9 nitrogen and oxygen atoms in total. The van der Waals surface area contributed by atoms with Gasteiger partial charge in [0, 0.05) is 17.8 Å². The molecule has 0 heterocycles. The predicted octanol–water partition coefficient (Wildman–Crippen LogP) is 3.11. The fourth-order valence-corrected chi connectivity index (χ4v) is 2.30. The second kappa shape index (κ2) is 9.98. The van der Waals surface area contributed by atoms with Crippen molar-refractivity contribution in [2.75, 3.05) is 11.9 Å². The van der Waals surface area contributed by atoms with Crippen molar-refractivity contribution in [2.24, 2.45) is 5.10 Å². The van der Waals surface area contributed by atoms with Crippen molar-refractivity contribution in [3.05, 3.63) is 63.7 Å². The summed E-state index contributed by atoms with van der Waals surface area (Å²) in [4.78, 5) is 34.3. The Morgan fingerprint density at radius 1 is 1.10 bits per heavy atom. The van der Waals surface area contributed by atoms with E-state index < -0.39 is 16.7 Å². The maximum atomic E-state index is 12.1. The normalized spacial score (nSPS) is 10.9. The Bertz CT molecular complexity index is 938. The van der Waals surface area contributed by atoms with Gasteiger partial charge in [-0.2, -0.15) is 5.10 Å². The van der Waals surface area contributed by atoms with Gasteiger partial charge in [-0.15, -0.1) is 0 Å². The third-order valence-corrected chi connectivity index (χ3v) is 3.88. The van der Waals surface area contributed by atoms with Gasteiger partial charge in [0.15, 0.2) is 6.61 Å². The fourth-order valence-electron chi connectivity index (χ4n) is 2.30. The van der Waals surface area contributed by atoms with Crippen molar-refractivity contribution in [1.82, 2.24) is 5.43 Å². The number of benzene rings is 2. The monoisotopic (exact) mass is 398 g/mol. The molecule has 29 heavy (non-hydrogen) atoms. The highest BCUT2D eigenvalue weighted by molar-refractivity contribution is 6.06. The van der Waals surface area contributed by atoms with Crippen LogP contribution < -0.4 is 15.5 Å². The molecule has 2 aromatic rings. The molecule has 2 rings (SSSR count). The van der Waals surface area contributed by atoms with E-state index in [0.29, 0.717) is 22.7 Å². The Labute approximate surface area is 167 Å². The molecule has 0 bridgehead atoms. The molecule has 0 aliphatic heterocycles. The van der Waals surface area contributed by atoms with Gasteiger partial charge in [-0.1, -0.05) is 23.8 Å². The number of nitrogens with zero attached hydrogens (tertiary/aromatic N) is 2. The van der Waals surface area contributed by atoms with E-state index in [-0.39, 0.29) is 18.7 Å². The number of carbonyl (C=O) groups excluding carboxylic acids is 2. The van der Waals surface area contributed by atoms with Gasteiger partial charge in [-0.3, -0.25) is 19.7 Å². The van der Waals surface area contributed by atoms with Crippen LogP contribution in [0.1, 0.15) is 24.5 Å². The molecule has 0 radical (unpaired) electrons. The highest BCUT2D eigenvalue weighted by Gasteiger charge is 2.12. The van der Waals surface area contributed by atoms with Crippen LogP contribution in [0.15, 0.2) is 47.6 Å². The van der Waals surface area contributed by atoms with Crippen LogP contribution in [-0.2, 0) is 9.59 Å². The lowest BCUT2D eigenvalue weighted by Crippen LogP contribution is -2.26. The number of ether oxygens (including phenoxy) is 1. The maximum absolute atomic E-state index is 12.1. The first kappa shape index (κ1) is 21.5. The van der Waals surface area contributed by atoms with Gasteiger partial charge in [0.1, 0.15) is 5.75 Å². The zero-order valence-electron chi connectivity index (χ0n) is 16.4. The van der Waals surface area contributed by atoms with Crippen LogP contribution in [-0.4, -0.2) is 29.1 Å². The molecule has 0 aliphatic carbocycles. The number of aryl methyl sites for hydroxylation is 2. The fraction of sp³-hybridized carbons (Fsp3) is 0.250. The quantitative estimate of drug-likeness (QED) is 0.402. The Hall–Kier alpha value is -3.75. The molecule has 0 saturated carbocycles. The molecule has 0 fully saturated rings. The van der Waals surface area contributed by atoms with E-state index in [4.69, 9.17) is 4.74 Å². The minimum atomic E-state index is -0.532. The molecule has 0 saturated heterocycles. The number of amides is 2. The summed E-state index contributed by atoms with van der Waals surface area (Å²) in [5, 5.41) is 17.3. The van der Waals surface area contributed by atoms with Crippen LogP contribution in [0, 0.1) is 24.0 Å². The summed E-state index contributed by atoms with van der Waals surface area (Å²) >= 11 is 0. The highest BCUT2D eigenvalue weighted by Crippen LogP contribution is 2.22. The van der Waals surface area contributed by atoms with E-state index in [9.17, 15) is 19.7 Å². The first-order valence-corrected chi connectivity index (χ1v) is 8.81. The van der Waals surface area contributed by atoms with Gasteiger partial charge >= 0.3 is 0 Å². The van der Waals surface area contributed by atoms with Crippen LogP contribution in [0.3, 0.4) is 0 Å². The molecule has 0 spiro atoms. The van der Waals surface area contributed by atoms with Gasteiger partial charge < -0.3 is 10.1 Å². The lowest BCUT2D eigenvalue weighted by atomic mass is 10.1. The zero-order valence-corrected chi connectivity index (χ0v) is 16.4. The molecule has 0 aliphatic rings. The SMILES string of the molecule is CC(CC(=O)Nc1cc([N+](=O)[O-])ccc1C)=NNC(=O)COc1ccc(C)cc1. The molecule has 0 unspecified atom stereocenters. The van der Waals surface area contributed by atoms with Crippen LogP contribution in [0.4, 0.5) is 11.4 Å². The third kappa shape index (κ3) is 7.06. The van der Waals surface area contributed by atoms with Crippen LogP contribution in [0.5, 0.6) is 5.75 Å². The molecule has 2 N–H and O–H groups in total. The number of nitrogens with one attached hydrogen (secondary N) is 2. The van der Waals surface area contributed by atoms with Gasteiger partial charge in [0.05, 0.1) is 17.0 Å². The number of carbonyl (C=O) groups is 2. The number of nitro groups is 1. The average molecular weight is 398 g/mol. The van der Waals surface area contributed by atoms with Gasteiger partial charge in [0.2, 0.25) is 5.91 Å². The standard InChI is InChI=1S/C20H22N4O5/c1-13-4-8-17(9-5-13)29-12-20(26)23-22-15(3)10-19(25)21-18-11-16(24(27)28)7-6-14(18)2/h4-9,11H,10,12H2,1-3H3,(H,21,25)(H,23,26). The predicted molar refractivity (Wildman–Crippen MR) is 109 cm³/mol. The van der Waals surface area contributed by atoms with Crippen molar-refractivity contribution in [3.8, 4) is 5.75 Å². The number of anilines is 1. The molecular weight excluding hydrogens is 376 g/mol. The summed E-state index contributed by atoms with van der Waals surface area (Å²) in [7, 11) is 0. The zero-order chi connectivity index (χ0) is 21.4. The Morgan fingerprint density at radius 2 is 1.79 bits per heavy atom. The van der Waals surface area contributed by atoms with E-state index in [1.807, 2.05) is 19.1 Å². The number of hydrogen-bond donors (Lipinski definition) is 2. The Kier molecular flexibility index (Phi) is 7.41. The summed E-state index contributed by atoms with van der Waals surface area (Å²) in [5.74, 6) is -0.294. The van der Waals surface area contributed by atoms with Crippen molar-refractivity contribution >= 4 is 28.9 Å². The molecule has 152 valence electrons. The van der Waals surface area contributed by atoms with E-state index in [2.05, 4.69) is 15.8 Å². The summed E-state index contributed by atoms with van der Waals surface area (Å²) in [6.45, 7) is 5.05. The molecule has 9 heteroatoms. The second-order valence-corrected chi connectivity index (χ2v) is 6.47. The van der Waals surface area contributed by atoms with E-state index in [1.54, 1.807) is 32.0 Å². The number of hydrogen-bond acceptors (Lipinski definition) is 6. The molecule has 2 amide bonds. The first-order chi connectivity index (χ1) is 13.7. The van der Waals surface area contributed by atoms with Crippen molar-refractivity contribution in [2.45, 2.75) is 27.2 Å². The van der Waals surface area contributed by atoms with Gasteiger partial charge in [-0.05, 0) is 38.5 Å². The Morgan fingerprint density at radius 3 is 2.45 bits per heavy atom. The largest absolute Gasteiger partial charge is 0.484 e. The Balaban J connectivity index is 1.83. The number of hydrazone groups is 1. The van der Waals surface area contributed by atoms with Crippen molar-refractivity contribution in [3.63, 3.8) is 0 Å². The van der Waals surface area contributed by atoms with Crippen LogP contribution >= 0.6 is 0 Å².